The number of aliphatic hydroxyl groups is 1. The fourth-order valence-electron chi connectivity index (χ4n) is 1.78. The van der Waals surface area contributed by atoms with Gasteiger partial charge in [0.05, 0.1) is 6.10 Å². The molecule has 1 nitrogen and oxygen atoms in total. The Morgan fingerprint density at radius 1 is 1.13 bits per heavy atom. The third-order valence-corrected chi connectivity index (χ3v) is 2.58. The van der Waals surface area contributed by atoms with Crippen molar-refractivity contribution < 1.29 is 5.11 Å². The highest BCUT2D eigenvalue weighted by Crippen LogP contribution is 2.19. The van der Waals surface area contributed by atoms with Crippen molar-refractivity contribution in [2.45, 2.75) is 12.5 Å². The largest absolute Gasteiger partial charge is 0.389 e. The molecular formula is C14H14O. The van der Waals surface area contributed by atoms with Gasteiger partial charge in [-0.15, -0.1) is 6.58 Å². The van der Waals surface area contributed by atoms with Gasteiger partial charge >= 0.3 is 0 Å². The van der Waals surface area contributed by atoms with E-state index in [1.807, 2.05) is 18.2 Å². The van der Waals surface area contributed by atoms with Crippen molar-refractivity contribution in [3.8, 4) is 0 Å². The van der Waals surface area contributed by atoms with E-state index in [4.69, 9.17) is 0 Å². The Hall–Kier alpha value is -1.60. The van der Waals surface area contributed by atoms with Crippen LogP contribution in [0.5, 0.6) is 0 Å². The summed E-state index contributed by atoms with van der Waals surface area (Å²) < 4.78 is 0. The normalized spacial score (nSPS) is 12.6. The maximum Gasteiger partial charge on any atom is 0.0758 e. The predicted octanol–water partition coefficient (Wildman–Crippen LogP) is 2.93. The Bertz CT molecular complexity index is 468. The molecule has 0 saturated heterocycles. The Labute approximate surface area is 89.7 Å². The van der Waals surface area contributed by atoms with Crippen molar-refractivity contribution in [1.82, 2.24) is 0 Å². The van der Waals surface area contributed by atoms with Gasteiger partial charge in [0.25, 0.3) is 0 Å². The first-order valence-electron chi connectivity index (χ1n) is 5.08. The number of hydrogen-bond acceptors (Lipinski definition) is 1. The molecule has 15 heavy (non-hydrogen) atoms. The van der Waals surface area contributed by atoms with Crippen LogP contribution in [-0.4, -0.2) is 11.2 Å². The first kappa shape index (κ1) is 9.94. The molecule has 0 spiro atoms. The summed E-state index contributed by atoms with van der Waals surface area (Å²) >= 11 is 0. The van der Waals surface area contributed by atoms with Gasteiger partial charge in [0.15, 0.2) is 0 Å². The van der Waals surface area contributed by atoms with E-state index in [2.05, 4.69) is 30.8 Å². The molecule has 2 rings (SSSR count). The van der Waals surface area contributed by atoms with Gasteiger partial charge in [0.1, 0.15) is 0 Å². The van der Waals surface area contributed by atoms with Crippen LogP contribution in [0, 0.1) is 0 Å². The third-order valence-electron chi connectivity index (χ3n) is 2.58. The Kier molecular flexibility index (Phi) is 2.84. The van der Waals surface area contributed by atoms with Crippen LogP contribution in [0.3, 0.4) is 0 Å². The van der Waals surface area contributed by atoms with Crippen molar-refractivity contribution >= 4 is 10.8 Å². The molecule has 0 fully saturated rings. The molecule has 0 aliphatic carbocycles. The second-order valence-corrected chi connectivity index (χ2v) is 3.65. The quantitative estimate of drug-likeness (QED) is 0.752. The van der Waals surface area contributed by atoms with E-state index in [0.717, 1.165) is 0 Å². The van der Waals surface area contributed by atoms with Crippen molar-refractivity contribution in [2.24, 2.45) is 0 Å². The third kappa shape index (κ3) is 2.08. The van der Waals surface area contributed by atoms with Gasteiger partial charge in [-0.2, -0.15) is 0 Å². The SMILES string of the molecule is C=CC(O)Cc1cccc2ccccc12. The summed E-state index contributed by atoms with van der Waals surface area (Å²) in [4.78, 5) is 0. The number of rotatable bonds is 3. The molecule has 1 heteroatoms. The number of aliphatic hydroxyl groups excluding tert-OH is 1. The van der Waals surface area contributed by atoms with Gasteiger partial charge in [-0.05, 0) is 16.3 Å². The van der Waals surface area contributed by atoms with Crippen LogP contribution in [0.1, 0.15) is 5.56 Å². The highest BCUT2D eigenvalue weighted by molar-refractivity contribution is 5.85. The monoisotopic (exact) mass is 198 g/mol. The van der Waals surface area contributed by atoms with Crippen molar-refractivity contribution in [3.63, 3.8) is 0 Å². The summed E-state index contributed by atoms with van der Waals surface area (Å²) in [5.74, 6) is 0. The summed E-state index contributed by atoms with van der Waals surface area (Å²) in [6.45, 7) is 3.59. The zero-order chi connectivity index (χ0) is 10.7. The molecule has 0 saturated carbocycles. The molecule has 2 aromatic rings. The summed E-state index contributed by atoms with van der Waals surface area (Å²) in [6, 6.07) is 14.4. The molecule has 76 valence electrons. The second kappa shape index (κ2) is 4.28. The lowest BCUT2D eigenvalue weighted by Gasteiger charge is -2.08. The molecule has 1 atom stereocenters. The average molecular weight is 198 g/mol. The maximum absolute atomic E-state index is 9.55. The smallest absolute Gasteiger partial charge is 0.0758 e. The zero-order valence-electron chi connectivity index (χ0n) is 8.56. The standard InChI is InChI=1S/C14H14O/c1-2-13(15)10-12-8-5-7-11-6-3-4-9-14(11)12/h2-9,13,15H,1,10H2. The van der Waals surface area contributed by atoms with Crippen LogP contribution in [0.2, 0.25) is 0 Å². The summed E-state index contributed by atoms with van der Waals surface area (Å²) in [5.41, 5.74) is 1.17. The Balaban J connectivity index is 2.46. The summed E-state index contributed by atoms with van der Waals surface area (Å²) in [5, 5.41) is 12.0. The molecule has 0 radical (unpaired) electrons. The predicted molar refractivity (Wildman–Crippen MR) is 63.9 cm³/mol. The molecule has 0 aliphatic heterocycles. The minimum Gasteiger partial charge on any atom is -0.389 e. The molecule has 2 aromatic carbocycles. The van der Waals surface area contributed by atoms with Crippen LogP contribution in [-0.2, 0) is 6.42 Å². The summed E-state index contributed by atoms with van der Waals surface area (Å²) in [7, 11) is 0. The molecule has 1 unspecified atom stereocenters. The van der Waals surface area contributed by atoms with E-state index in [9.17, 15) is 5.11 Å². The fraction of sp³-hybridized carbons (Fsp3) is 0.143. The van der Waals surface area contributed by atoms with E-state index >= 15 is 0 Å². The zero-order valence-corrected chi connectivity index (χ0v) is 8.56. The van der Waals surface area contributed by atoms with Crippen LogP contribution < -0.4 is 0 Å². The van der Waals surface area contributed by atoms with Crippen LogP contribution >= 0.6 is 0 Å². The van der Waals surface area contributed by atoms with Gasteiger partial charge in [-0.1, -0.05) is 48.5 Å². The van der Waals surface area contributed by atoms with Gasteiger partial charge < -0.3 is 5.11 Å². The topological polar surface area (TPSA) is 20.2 Å². The van der Waals surface area contributed by atoms with Crippen molar-refractivity contribution in [1.29, 1.82) is 0 Å². The molecular weight excluding hydrogens is 184 g/mol. The lowest BCUT2D eigenvalue weighted by Crippen LogP contribution is -2.06. The minimum absolute atomic E-state index is 0.462. The van der Waals surface area contributed by atoms with Crippen LogP contribution in [0.15, 0.2) is 55.1 Å². The Morgan fingerprint density at radius 3 is 2.67 bits per heavy atom. The van der Waals surface area contributed by atoms with E-state index < -0.39 is 6.10 Å². The molecule has 1 N–H and O–H groups in total. The van der Waals surface area contributed by atoms with E-state index in [-0.39, 0.29) is 0 Å². The number of hydrogen-bond donors (Lipinski definition) is 1. The van der Waals surface area contributed by atoms with E-state index in [0.29, 0.717) is 6.42 Å². The number of benzene rings is 2. The van der Waals surface area contributed by atoms with Gasteiger partial charge in [-0.25, -0.2) is 0 Å². The maximum atomic E-state index is 9.55. The van der Waals surface area contributed by atoms with E-state index in [1.165, 1.54) is 16.3 Å². The lowest BCUT2D eigenvalue weighted by molar-refractivity contribution is 0.224. The summed E-state index contributed by atoms with van der Waals surface area (Å²) in [6.07, 6.45) is 1.74. The first-order chi connectivity index (χ1) is 7.31. The van der Waals surface area contributed by atoms with Crippen LogP contribution in [0.4, 0.5) is 0 Å². The highest BCUT2D eigenvalue weighted by Gasteiger charge is 2.04. The average Bonchev–Trinajstić information content (AvgIpc) is 2.29. The Morgan fingerprint density at radius 2 is 1.87 bits per heavy atom. The molecule has 0 amide bonds. The minimum atomic E-state index is -0.462. The van der Waals surface area contributed by atoms with Gasteiger partial charge in [-0.3, -0.25) is 0 Å². The van der Waals surface area contributed by atoms with Crippen LogP contribution in [0.25, 0.3) is 10.8 Å². The highest BCUT2D eigenvalue weighted by atomic mass is 16.3. The van der Waals surface area contributed by atoms with Gasteiger partial charge in [0, 0.05) is 6.42 Å². The lowest BCUT2D eigenvalue weighted by atomic mass is 10.00. The molecule has 0 bridgehead atoms. The van der Waals surface area contributed by atoms with Gasteiger partial charge in [0.2, 0.25) is 0 Å². The molecule has 0 aliphatic rings. The van der Waals surface area contributed by atoms with Crippen molar-refractivity contribution in [2.75, 3.05) is 0 Å². The molecule has 0 heterocycles. The molecule has 0 aromatic heterocycles. The van der Waals surface area contributed by atoms with Crippen molar-refractivity contribution in [3.05, 3.63) is 60.7 Å². The second-order valence-electron chi connectivity index (χ2n) is 3.65. The first-order valence-corrected chi connectivity index (χ1v) is 5.08. The van der Waals surface area contributed by atoms with E-state index in [1.54, 1.807) is 6.08 Å². The number of fused-ring (bicyclic) bond motifs is 1. The fourth-order valence-corrected chi connectivity index (χ4v) is 1.78.